The van der Waals surface area contributed by atoms with Crippen molar-refractivity contribution in [3.05, 3.63) is 35.4 Å². The molecule has 1 fully saturated rings. The fourth-order valence-corrected chi connectivity index (χ4v) is 2.53. The molecule has 0 aliphatic carbocycles. The van der Waals surface area contributed by atoms with Gasteiger partial charge in [0, 0.05) is 18.6 Å². The number of amides is 1. The molecule has 5 heteroatoms. The third-order valence-electron chi connectivity index (χ3n) is 3.60. The number of rotatable bonds is 4. The van der Waals surface area contributed by atoms with Gasteiger partial charge >= 0.3 is 0 Å². The van der Waals surface area contributed by atoms with Crippen LogP contribution in [-0.2, 0) is 11.2 Å². The van der Waals surface area contributed by atoms with Crippen LogP contribution in [0.15, 0.2) is 18.2 Å². The summed E-state index contributed by atoms with van der Waals surface area (Å²) in [6, 6.07) is 4.32. The van der Waals surface area contributed by atoms with Crippen LogP contribution in [0.25, 0.3) is 0 Å². The van der Waals surface area contributed by atoms with Crippen molar-refractivity contribution in [3.8, 4) is 0 Å². The molecule has 0 aromatic heterocycles. The van der Waals surface area contributed by atoms with E-state index in [2.05, 4.69) is 17.6 Å². The van der Waals surface area contributed by atoms with E-state index in [0.29, 0.717) is 24.2 Å². The SMILES string of the molecule is CC1CCCC(CNC(=O)Cc2ccc(F)c(F)c2)N1. The Balaban J connectivity index is 1.78. The first kappa shape index (κ1) is 14.9. The second kappa shape index (κ2) is 6.79. The van der Waals surface area contributed by atoms with E-state index in [4.69, 9.17) is 0 Å². The number of carbonyl (C=O) groups excluding carboxylic acids is 1. The maximum atomic E-state index is 13.0. The molecule has 2 rings (SSSR count). The van der Waals surface area contributed by atoms with E-state index in [9.17, 15) is 13.6 Å². The van der Waals surface area contributed by atoms with Crippen LogP contribution in [0.3, 0.4) is 0 Å². The van der Waals surface area contributed by atoms with Gasteiger partial charge in [0.05, 0.1) is 6.42 Å². The Hall–Kier alpha value is -1.49. The normalized spacial score (nSPS) is 22.6. The summed E-state index contributed by atoms with van der Waals surface area (Å²) in [5.74, 6) is -1.98. The third-order valence-corrected chi connectivity index (χ3v) is 3.60. The van der Waals surface area contributed by atoms with Crippen LogP contribution in [0.1, 0.15) is 31.7 Å². The van der Waals surface area contributed by atoms with Gasteiger partial charge in [0.2, 0.25) is 5.91 Å². The van der Waals surface area contributed by atoms with Crippen molar-refractivity contribution in [1.82, 2.24) is 10.6 Å². The molecule has 0 bridgehead atoms. The van der Waals surface area contributed by atoms with Crippen molar-refractivity contribution in [2.24, 2.45) is 0 Å². The fraction of sp³-hybridized carbons (Fsp3) is 0.533. The lowest BCUT2D eigenvalue weighted by molar-refractivity contribution is -0.120. The van der Waals surface area contributed by atoms with Gasteiger partial charge < -0.3 is 10.6 Å². The van der Waals surface area contributed by atoms with Crippen molar-refractivity contribution < 1.29 is 13.6 Å². The highest BCUT2D eigenvalue weighted by Crippen LogP contribution is 2.12. The first-order chi connectivity index (χ1) is 9.54. The largest absolute Gasteiger partial charge is 0.354 e. The van der Waals surface area contributed by atoms with Gasteiger partial charge in [-0.25, -0.2) is 8.78 Å². The molecule has 3 nitrogen and oxygen atoms in total. The Labute approximate surface area is 117 Å². The highest BCUT2D eigenvalue weighted by Gasteiger charge is 2.18. The number of hydrogen-bond acceptors (Lipinski definition) is 2. The lowest BCUT2D eigenvalue weighted by Crippen LogP contribution is -2.47. The lowest BCUT2D eigenvalue weighted by Gasteiger charge is -2.28. The third kappa shape index (κ3) is 4.27. The molecule has 2 atom stereocenters. The van der Waals surface area contributed by atoms with E-state index >= 15 is 0 Å². The number of nitrogens with one attached hydrogen (secondary N) is 2. The number of piperidine rings is 1. The van der Waals surface area contributed by atoms with Gasteiger partial charge in [-0.15, -0.1) is 0 Å². The molecular weight excluding hydrogens is 262 g/mol. The minimum Gasteiger partial charge on any atom is -0.354 e. The summed E-state index contributed by atoms with van der Waals surface area (Å²) >= 11 is 0. The van der Waals surface area contributed by atoms with E-state index in [1.165, 1.54) is 12.5 Å². The zero-order valence-electron chi connectivity index (χ0n) is 11.6. The Morgan fingerprint density at radius 2 is 2.15 bits per heavy atom. The first-order valence-corrected chi connectivity index (χ1v) is 7.01. The van der Waals surface area contributed by atoms with Gasteiger partial charge in [-0.05, 0) is 37.5 Å². The van der Waals surface area contributed by atoms with Crippen LogP contribution in [0.4, 0.5) is 8.78 Å². The van der Waals surface area contributed by atoms with E-state index in [1.807, 2.05) is 0 Å². The van der Waals surface area contributed by atoms with Crippen LogP contribution >= 0.6 is 0 Å². The molecule has 2 unspecified atom stereocenters. The molecule has 1 heterocycles. The molecule has 2 N–H and O–H groups in total. The van der Waals surface area contributed by atoms with Gasteiger partial charge in [0.1, 0.15) is 0 Å². The van der Waals surface area contributed by atoms with E-state index in [0.717, 1.165) is 25.0 Å². The highest BCUT2D eigenvalue weighted by atomic mass is 19.2. The molecule has 1 aromatic carbocycles. The molecule has 110 valence electrons. The number of benzene rings is 1. The second-order valence-electron chi connectivity index (χ2n) is 5.42. The molecule has 1 aromatic rings. The number of halogens is 2. The molecule has 0 spiro atoms. The molecule has 20 heavy (non-hydrogen) atoms. The molecule has 1 amide bonds. The zero-order chi connectivity index (χ0) is 14.5. The maximum Gasteiger partial charge on any atom is 0.224 e. The monoisotopic (exact) mass is 282 g/mol. The van der Waals surface area contributed by atoms with Crippen molar-refractivity contribution in [2.45, 2.75) is 44.7 Å². The topological polar surface area (TPSA) is 41.1 Å². The van der Waals surface area contributed by atoms with E-state index < -0.39 is 11.6 Å². The summed E-state index contributed by atoms with van der Waals surface area (Å²) in [5, 5.41) is 6.27. The Kier molecular flexibility index (Phi) is 5.06. The Morgan fingerprint density at radius 1 is 1.35 bits per heavy atom. The van der Waals surface area contributed by atoms with Crippen LogP contribution in [0, 0.1) is 11.6 Å². The second-order valence-corrected chi connectivity index (χ2v) is 5.42. The average Bonchev–Trinajstić information content (AvgIpc) is 2.41. The summed E-state index contributed by atoms with van der Waals surface area (Å²) in [4.78, 5) is 11.8. The van der Waals surface area contributed by atoms with Gasteiger partial charge in [0.15, 0.2) is 11.6 Å². The summed E-state index contributed by atoms with van der Waals surface area (Å²) in [6.45, 7) is 2.71. The van der Waals surface area contributed by atoms with Gasteiger partial charge in [-0.2, -0.15) is 0 Å². The van der Waals surface area contributed by atoms with Gasteiger partial charge in [-0.3, -0.25) is 4.79 Å². The van der Waals surface area contributed by atoms with Crippen LogP contribution in [0.2, 0.25) is 0 Å². The highest BCUT2D eigenvalue weighted by molar-refractivity contribution is 5.78. The number of hydrogen-bond donors (Lipinski definition) is 2. The predicted octanol–water partition coefficient (Wildman–Crippen LogP) is 2.15. The standard InChI is InChI=1S/C15H20F2N2O/c1-10-3-2-4-12(19-10)9-18-15(20)8-11-5-6-13(16)14(17)7-11/h5-7,10,12,19H,2-4,8-9H2,1H3,(H,18,20). The Bertz CT molecular complexity index is 479. The molecule has 0 saturated carbocycles. The molecule has 1 aliphatic rings. The fourth-order valence-electron chi connectivity index (χ4n) is 2.53. The maximum absolute atomic E-state index is 13.0. The molecule has 0 radical (unpaired) electrons. The molecular formula is C15H20F2N2O. The van der Waals surface area contributed by atoms with Crippen LogP contribution < -0.4 is 10.6 Å². The van der Waals surface area contributed by atoms with Gasteiger partial charge in [-0.1, -0.05) is 12.5 Å². The predicted molar refractivity (Wildman–Crippen MR) is 73.3 cm³/mol. The van der Waals surface area contributed by atoms with Crippen molar-refractivity contribution in [3.63, 3.8) is 0 Å². The molecule has 1 aliphatic heterocycles. The quantitative estimate of drug-likeness (QED) is 0.888. The van der Waals surface area contributed by atoms with Crippen molar-refractivity contribution in [2.75, 3.05) is 6.54 Å². The van der Waals surface area contributed by atoms with E-state index in [-0.39, 0.29) is 12.3 Å². The van der Waals surface area contributed by atoms with Crippen LogP contribution in [0.5, 0.6) is 0 Å². The minimum atomic E-state index is -0.918. The number of carbonyl (C=O) groups is 1. The van der Waals surface area contributed by atoms with E-state index in [1.54, 1.807) is 0 Å². The summed E-state index contributed by atoms with van der Waals surface area (Å²) in [5.41, 5.74) is 0.478. The van der Waals surface area contributed by atoms with Crippen molar-refractivity contribution in [1.29, 1.82) is 0 Å². The molecule has 1 saturated heterocycles. The lowest BCUT2D eigenvalue weighted by atomic mass is 9.99. The Morgan fingerprint density at radius 3 is 2.85 bits per heavy atom. The zero-order valence-corrected chi connectivity index (χ0v) is 11.6. The summed E-state index contributed by atoms with van der Waals surface area (Å²) in [6.07, 6.45) is 3.45. The summed E-state index contributed by atoms with van der Waals surface area (Å²) < 4.78 is 25.8. The minimum absolute atomic E-state index is 0.0689. The summed E-state index contributed by atoms with van der Waals surface area (Å²) in [7, 11) is 0. The van der Waals surface area contributed by atoms with Gasteiger partial charge in [0.25, 0.3) is 0 Å². The van der Waals surface area contributed by atoms with Crippen molar-refractivity contribution >= 4 is 5.91 Å². The smallest absolute Gasteiger partial charge is 0.224 e. The van der Waals surface area contributed by atoms with Crippen LogP contribution in [-0.4, -0.2) is 24.5 Å². The average molecular weight is 282 g/mol. The first-order valence-electron chi connectivity index (χ1n) is 7.01.